The molecule has 0 saturated heterocycles. The Morgan fingerprint density at radius 1 is 1.18 bits per heavy atom. The SMILES string of the molecule is Cc1nn(CC(=O)Nc2c(C#N)cnn2-c2ccccc2)c(=O)c(C#N)c1C. The molecular weight excluding hydrogens is 358 g/mol. The lowest BCUT2D eigenvalue weighted by atomic mass is 10.1. The van der Waals surface area contributed by atoms with E-state index in [1.807, 2.05) is 18.2 Å². The van der Waals surface area contributed by atoms with Gasteiger partial charge in [-0.15, -0.1) is 0 Å². The number of rotatable bonds is 4. The number of para-hydroxylation sites is 1. The highest BCUT2D eigenvalue weighted by atomic mass is 16.2. The number of aromatic nitrogens is 4. The summed E-state index contributed by atoms with van der Waals surface area (Å²) >= 11 is 0. The predicted molar refractivity (Wildman–Crippen MR) is 99.6 cm³/mol. The first kappa shape index (κ1) is 18.5. The zero-order valence-corrected chi connectivity index (χ0v) is 15.2. The van der Waals surface area contributed by atoms with Crippen molar-refractivity contribution in [1.82, 2.24) is 19.6 Å². The van der Waals surface area contributed by atoms with E-state index in [0.717, 1.165) is 4.68 Å². The van der Waals surface area contributed by atoms with Crippen LogP contribution in [-0.4, -0.2) is 25.5 Å². The summed E-state index contributed by atoms with van der Waals surface area (Å²) in [5.41, 5.74) is 1.11. The van der Waals surface area contributed by atoms with Crippen molar-refractivity contribution in [3.63, 3.8) is 0 Å². The standard InChI is InChI=1S/C19H15N7O2/c1-12-13(2)24-25(19(28)16(12)9-21)11-17(27)23-18-14(8-20)10-22-26(18)15-6-4-3-5-7-15/h3-7,10H,11H2,1-2H3,(H,23,27). The molecule has 0 spiro atoms. The van der Waals surface area contributed by atoms with Crippen molar-refractivity contribution < 1.29 is 4.79 Å². The number of amides is 1. The van der Waals surface area contributed by atoms with Gasteiger partial charge in [0.25, 0.3) is 5.56 Å². The number of aryl methyl sites for hydroxylation is 1. The molecule has 0 saturated carbocycles. The van der Waals surface area contributed by atoms with Crippen molar-refractivity contribution in [1.29, 1.82) is 10.5 Å². The van der Waals surface area contributed by atoms with Gasteiger partial charge in [0.15, 0.2) is 5.82 Å². The summed E-state index contributed by atoms with van der Waals surface area (Å²) in [6.07, 6.45) is 1.34. The van der Waals surface area contributed by atoms with Crippen LogP contribution in [0.4, 0.5) is 5.82 Å². The molecule has 1 N–H and O–H groups in total. The van der Waals surface area contributed by atoms with Gasteiger partial charge in [-0.25, -0.2) is 9.36 Å². The summed E-state index contributed by atoms with van der Waals surface area (Å²) in [6.45, 7) is 2.88. The number of hydrogen-bond acceptors (Lipinski definition) is 6. The first-order valence-electron chi connectivity index (χ1n) is 8.28. The fourth-order valence-electron chi connectivity index (χ4n) is 2.63. The Morgan fingerprint density at radius 2 is 1.89 bits per heavy atom. The minimum atomic E-state index is -0.641. The van der Waals surface area contributed by atoms with Crippen molar-refractivity contribution >= 4 is 11.7 Å². The van der Waals surface area contributed by atoms with Crippen LogP contribution in [0.3, 0.4) is 0 Å². The molecule has 0 atom stereocenters. The zero-order chi connectivity index (χ0) is 20.3. The minimum Gasteiger partial charge on any atom is -0.308 e. The summed E-state index contributed by atoms with van der Waals surface area (Å²) in [5.74, 6) is -0.382. The average molecular weight is 373 g/mol. The maximum atomic E-state index is 12.5. The Bertz CT molecular complexity index is 1190. The molecule has 0 fully saturated rings. The van der Waals surface area contributed by atoms with Gasteiger partial charge in [-0.1, -0.05) is 18.2 Å². The zero-order valence-electron chi connectivity index (χ0n) is 15.2. The van der Waals surface area contributed by atoms with Crippen LogP contribution in [0.2, 0.25) is 0 Å². The second kappa shape index (κ2) is 7.56. The number of nitriles is 2. The maximum Gasteiger partial charge on any atom is 0.285 e. The number of hydrogen-bond donors (Lipinski definition) is 1. The predicted octanol–water partition coefficient (Wildman–Crippen LogP) is 1.43. The molecule has 0 bridgehead atoms. The number of nitrogens with zero attached hydrogens (tertiary/aromatic N) is 6. The summed E-state index contributed by atoms with van der Waals surface area (Å²) in [5, 5.41) is 29.3. The van der Waals surface area contributed by atoms with E-state index in [2.05, 4.69) is 15.5 Å². The molecule has 3 rings (SSSR count). The van der Waals surface area contributed by atoms with Crippen LogP contribution in [0.15, 0.2) is 41.3 Å². The lowest BCUT2D eigenvalue weighted by Crippen LogP contribution is -2.33. The molecule has 0 radical (unpaired) electrons. The normalized spacial score (nSPS) is 10.1. The third kappa shape index (κ3) is 3.37. The van der Waals surface area contributed by atoms with Crippen molar-refractivity contribution in [3.05, 3.63) is 69.3 Å². The van der Waals surface area contributed by atoms with Gasteiger partial charge in [0, 0.05) is 0 Å². The highest BCUT2D eigenvalue weighted by molar-refractivity contribution is 5.91. The van der Waals surface area contributed by atoms with E-state index in [4.69, 9.17) is 0 Å². The van der Waals surface area contributed by atoms with Crippen molar-refractivity contribution in [2.45, 2.75) is 20.4 Å². The number of anilines is 1. The Hall–Kier alpha value is -4.24. The highest BCUT2D eigenvalue weighted by Gasteiger charge is 2.18. The van der Waals surface area contributed by atoms with Crippen LogP contribution in [0.1, 0.15) is 22.4 Å². The van der Waals surface area contributed by atoms with E-state index < -0.39 is 18.0 Å². The van der Waals surface area contributed by atoms with Crippen LogP contribution >= 0.6 is 0 Å². The van der Waals surface area contributed by atoms with E-state index in [-0.39, 0.29) is 16.9 Å². The number of carbonyl (C=O) groups excluding carboxylic acids is 1. The van der Waals surface area contributed by atoms with Gasteiger partial charge in [-0.2, -0.15) is 20.7 Å². The molecular formula is C19H15N7O2. The quantitative estimate of drug-likeness (QED) is 0.736. The summed E-state index contributed by atoms with van der Waals surface area (Å²) in [4.78, 5) is 24.9. The molecule has 9 heteroatoms. The highest BCUT2D eigenvalue weighted by Crippen LogP contribution is 2.19. The van der Waals surface area contributed by atoms with Gasteiger partial charge in [0.1, 0.15) is 29.8 Å². The fourth-order valence-corrected chi connectivity index (χ4v) is 2.63. The molecule has 0 aliphatic carbocycles. The molecule has 28 heavy (non-hydrogen) atoms. The van der Waals surface area contributed by atoms with Gasteiger partial charge >= 0.3 is 0 Å². The van der Waals surface area contributed by atoms with Crippen LogP contribution in [-0.2, 0) is 11.3 Å². The van der Waals surface area contributed by atoms with Gasteiger partial charge in [0.2, 0.25) is 5.91 Å². The summed E-state index contributed by atoms with van der Waals surface area (Å²) < 4.78 is 2.36. The number of carbonyl (C=O) groups is 1. The van der Waals surface area contributed by atoms with Crippen molar-refractivity contribution in [2.24, 2.45) is 0 Å². The van der Waals surface area contributed by atoms with Gasteiger partial charge in [0.05, 0.1) is 17.6 Å². The molecule has 1 amide bonds. The number of benzene rings is 1. The minimum absolute atomic E-state index is 0.0488. The fraction of sp³-hybridized carbons (Fsp3) is 0.158. The molecule has 0 aliphatic rings. The largest absolute Gasteiger partial charge is 0.308 e. The molecule has 9 nitrogen and oxygen atoms in total. The summed E-state index contributed by atoms with van der Waals surface area (Å²) in [7, 11) is 0. The van der Waals surface area contributed by atoms with E-state index in [0.29, 0.717) is 16.9 Å². The number of nitrogens with one attached hydrogen (secondary N) is 1. The smallest absolute Gasteiger partial charge is 0.285 e. The molecule has 3 aromatic rings. The van der Waals surface area contributed by atoms with E-state index in [1.54, 1.807) is 38.1 Å². The van der Waals surface area contributed by atoms with Crippen molar-refractivity contribution in [3.8, 4) is 17.8 Å². The van der Waals surface area contributed by atoms with Crippen LogP contribution < -0.4 is 10.9 Å². The van der Waals surface area contributed by atoms with Crippen LogP contribution in [0, 0.1) is 36.5 Å². The molecule has 2 heterocycles. The average Bonchev–Trinajstić information content (AvgIpc) is 3.09. The monoisotopic (exact) mass is 373 g/mol. The van der Waals surface area contributed by atoms with Crippen LogP contribution in [0.5, 0.6) is 0 Å². The second-order valence-corrected chi connectivity index (χ2v) is 5.97. The Balaban J connectivity index is 1.93. The van der Waals surface area contributed by atoms with E-state index in [9.17, 15) is 20.1 Å². The van der Waals surface area contributed by atoms with Crippen LogP contribution in [0.25, 0.3) is 5.69 Å². The second-order valence-electron chi connectivity index (χ2n) is 5.97. The molecule has 0 aliphatic heterocycles. The Labute approximate surface area is 160 Å². The topological polar surface area (TPSA) is 129 Å². The molecule has 0 unspecified atom stereocenters. The van der Waals surface area contributed by atoms with Gasteiger partial charge in [-0.3, -0.25) is 9.59 Å². The molecule has 1 aromatic carbocycles. The lowest BCUT2D eigenvalue weighted by Gasteiger charge is -2.11. The third-order valence-electron chi connectivity index (χ3n) is 4.19. The molecule has 2 aromatic heterocycles. The Kier molecular flexibility index (Phi) is 5.01. The summed E-state index contributed by atoms with van der Waals surface area (Å²) in [6, 6.07) is 12.8. The lowest BCUT2D eigenvalue weighted by molar-refractivity contribution is -0.117. The maximum absolute atomic E-state index is 12.5. The third-order valence-corrected chi connectivity index (χ3v) is 4.19. The van der Waals surface area contributed by atoms with Gasteiger partial charge in [-0.05, 0) is 31.5 Å². The Morgan fingerprint density at radius 3 is 2.54 bits per heavy atom. The van der Waals surface area contributed by atoms with Gasteiger partial charge < -0.3 is 5.32 Å². The molecule has 138 valence electrons. The van der Waals surface area contributed by atoms with Crippen molar-refractivity contribution in [2.75, 3.05) is 5.32 Å². The first-order valence-corrected chi connectivity index (χ1v) is 8.28. The van der Waals surface area contributed by atoms with E-state index in [1.165, 1.54) is 10.9 Å². The van der Waals surface area contributed by atoms with E-state index >= 15 is 0 Å². The first-order chi connectivity index (χ1) is 13.5.